The maximum Gasteiger partial charge on any atom is 0.250 e. The molecule has 0 aromatic heterocycles. The number of benzene rings is 2. The average molecular weight is 369 g/mol. The highest BCUT2D eigenvalue weighted by Gasteiger charge is 2.08. The fourth-order valence-corrected chi connectivity index (χ4v) is 2.65. The van der Waals surface area contributed by atoms with Crippen LogP contribution in [0.2, 0.25) is 0 Å². The Morgan fingerprint density at radius 1 is 1.15 bits per heavy atom. The van der Waals surface area contributed by atoms with E-state index in [1.54, 1.807) is 6.08 Å². The standard InChI is InChI=1S/C21H24N2O2S/c1-4-25-17-12-9-16(10-13-17)11-14-20(24)23-21(26)22-19-8-6-5-7-18(19)15(2)3/h5-15H,4H2,1-3H3,(H2,22,23,24,26)/b14-11+. The van der Waals surface area contributed by atoms with E-state index in [0.717, 1.165) is 22.6 Å². The van der Waals surface area contributed by atoms with Crippen molar-refractivity contribution in [3.8, 4) is 5.75 Å². The molecule has 1 amide bonds. The molecule has 0 heterocycles. The molecule has 0 spiro atoms. The van der Waals surface area contributed by atoms with Crippen LogP contribution in [0, 0.1) is 0 Å². The second-order valence-corrected chi connectivity index (χ2v) is 6.43. The highest BCUT2D eigenvalue weighted by atomic mass is 32.1. The van der Waals surface area contributed by atoms with E-state index in [-0.39, 0.29) is 11.0 Å². The van der Waals surface area contributed by atoms with Gasteiger partial charge in [0.05, 0.1) is 6.61 Å². The smallest absolute Gasteiger partial charge is 0.250 e. The van der Waals surface area contributed by atoms with Gasteiger partial charge in [0.25, 0.3) is 0 Å². The maximum absolute atomic E-state index is 12.1. The molecule has 0 radical (unpaired) electrons. The quantitative estimate of drug-likeness (QED) is 0.571. The average Bonchev–Trinajstić information content (AvgIpc) is 2.61. The molecular formula is C21H24N2O2S. The van der Waals surface area contributed by atoms with Crippen molar-refractivity contribution in [3.05, 3.63) is 65.7 Å². The first-order valence-electron chi connectivity index (χ1n) is 8.61. The van der Waals surface area contributed by atoms with E-state index in [0.29, 0.717) is 12.5 Å². The van der Waals surface area contributed by atoms with E-state index >= 15 is 0 Å². The molecule has 0 saturated carbocycles. The predicted octanol–water partition coefficient (Wildman–Crippen LogP) is 4.74. The predicted molar refractivity (Wildman–Crippen MR) is 112 cm³/mol. The highest BCUT2D eigenvalue weighted by molar-refractivity contribution is 7.80. The van der Waals surface area contributed by atoms with Gasteiger partial charge in [-0.1, -0.05) is 44.2 Å². The van der Waals surface area contributed by atoms with Crippen molar-refractivity contribution in [1.82, 2.24) is 5.32 Å². The third-order valence-electron chi connectivity index (χ3n) is 3.69. The number of hydrogen-bond acceptors (Lipinski definition) is 3. The van der Waals surface area contributed by atoms with Crippen LogP contribution in [-0.4, -0.2) is 17.6 Å². The summed E-state index contributed by atoms with van der Waals surface area (Å²) in [6, 6.07) is 15.4. The van der Waals surface area contributed by atoms with Gasteiger partial charge in [-0.05, 0) is 60.5 Å². The third-order valence-corrected chi connectivity index (χ3v) is 3.89. The van der Waals surface area contributed by atoms with Gasteiger partial charge >= 0.3 is 0 Å². The molecule has 2 rings (SSSR count). The summed E-state index contributed by atoms with van der Waals surface area (Å²) in [5, 5.41) is 6.04. The van der Waals surface area contributed by atoms with E-state index in [4.69, 9.17) is 17.0 Å². The van der Waals surface area contributed by atoms with Crippen LogP contribution in [0.25, 0.3) is 6.08 Å². The van der Waals surface area contributed by atoms with Gasteiger partial charge in [0, 0.05) is 11.8 Å². The molecule has 0 unspecified atom stereocenters. The van der Waals surface area contributed by atoms with Crippen LogP contribution < -0.4 is 15.4 Å². The number of carbonyl (C=O) groups excluding carboxylic acids is 1. The summed E-state index contributed by atoms with van der Waals surface area (Å²) in [7, 11) is 0. The number of para-hydroxylation sites is 1. The minimum absolute atomic E-state index is 0.277. The van der Waals surface area contributed by atoms with Gasteiger partial charge < -0.3 is 10.1 Å². The molecule has 2 aromatic rings. The molecule has 2 N–H and O–H groups in total. The van der Waals surface area contributed by atoms with E-state index in [9.17, 15) is 4.79 Å². The van der Waals surface area contributed by atoms with Crippen molar-refractivity contribution < 1.29 is 9.53 Å². The number of nitrogens with one attached hydrogen (secondary N) is 2. The summed E-state index contributed by atoms with van der Waals surface area (Å²) in [5.74, 6) is 0.887. The lowest BCUT2D eigenvalue weighted by atomic mass is 10.0. The SMILES string of the molecule is CCOc1ccc(/C=C/C(=O)NC(=S)Nc2ccccc2C(C)C)cc1. The van der Waals surface area contributed by atoms with Gasteiger partial charge in [0.15, 0.2) is 5.11 Å². The van der Waals surface area contributed by atoms with E-state index in [2.05, 4.69) is 24.5 Å². The lowest BCUT2D eigenvalue weighted by Gasteiger charge is -2.15. The van der Waals surface area contributed by atoms with Gasteiger partial charge in [-0.15, -0.1) is 0 Å². The van der Waals surface area contributed by atoms with Crippen LogP contribution in [-0.2, 0) is 4.79 Å². The van der Waals surface area contributed by atoms with Crippen LogP contribution in [0.1, 0.15) is 37.8 Å². The van der Waals surface area contributed by atoms with E-state index < -0.39 is 0 Å². The monoisotopic (exact) mass is 368 g/mol. The van der Waals surface area contributed by atoms with Gasteiger partial charge in [0.2, 0.25) is 5.91 Å². The first kappa shape index (κ1) is 19.7. The molecule has 0 bridgehead atoms. The first-order chi connectivity index (χ1) is 12.5. The van der Waals surface area contributed by atoms with Gasteiger partial charge in [-0.3, -0.25) is 10.1 Å². The summed E-state index contributed by atoms with van der Waals surface area (Å²) < 4.78 is 5.39. The minimum Gasteiger partial charge on any atom is -0.494 e. The largest absolute Gasteiger partial charge is 0.494 e. The summed E-state index contributed by atoms with van der Waals surface area (Å²) >= 11 is 5.24. The van der Waals surface area contributed by atoms with Crippen LogP contribution >= 0.6 is 12.2 Å². The lowest BCUT2D eigenvalue weighted by Crippen LogP contribution is -2.33. The molecule has 0 saturated heterocycles. The van der Waals surface area contributed by atoms with Crippen molar-refractivity contribution in [2.45, 2.75) is 26.7 Å². The van der Waals surface area contributed by atoms with E-state index in [1.807, 2.05) is 55.5 Å². The molecule has 4 nitrogen and oxygen atoms in total. The van der Waals surface area contributed by atoms with Gasteiger partial charge in [-0.2, -0.15) is 0 Å². The van der Waals surface area contributed by atoms with Crippen molar-refractivity contribution in [3.63, 3.8) is 0 Å². The maximum atomic E-state index is 12.1. The Morgan fingerprint density at radius 3 is 2.50 bits per heavy atom. The second kappa shape index (κ2) is 9.73. The van der Waals surface area contributed by atoms with Crippen LogP contribution in [0.3, 0.4) is 0 Å². The zero-order valence-corrected chi connectivity index (χ0v) is 16.1. The van der Waals surface area contributed by atoms with Gasteiger partial charge in [-0.25, -0.2) is 0 Å². The molecule has 0 atom stereocenters. The zero-order chi connectivity index (χ0) is 18.9. The molecule has 0 fully saturated rings. The number of amides is 1. The topological polar surface area (TPSA) is 50.4 Å². The van der Waals surface area contributed by atoms with Crippen molar-refractivity contribution >= 4 is 35.0 Å². The minimum atomic E-state index is -0.279. The second-order valence-electron chi connectivity index (χ2n) is 6.02. The number of carbonyl (C=O) groups is 1. The van der Waals surface area contributed by atoms with Crippen molar-refractivity contribution in [2.24, 2.45) is 0 Å². The van der Waals surface area contributed by atoms with Crippen LogP contribution in [0.4, 0.5) is 5.69 Å². The number of hydrogen-bond donors (Lipinski definition) is 2. The number of ether oxygens (including phenoxy) is 1. The summed E-state index contributed by atoms with van der Waals surface area (Å²) in [5.41, 5.74) is 2.96. The third kappa shape index (κ3) is 6.01. The molecule has 2 aromatic carbocycles. The fourth-order valence-electron chi connectivity index (χ4n) is 2.44. The van der Waals surface area contributed by atoms with Gasteiger partial charge in [0.1, 0.15) is 5.75 Å². The molecule has 0 aliphatic heterocycles. The Morgan fingerprint density at radius 2 is 1.85 bits per heavy atom. The highest BCUT2D eigenvalue weighted by Crippen LogP contribution is 2.23. The molecule has 0 aliphatic carbocycles. The van der Waals surface area contributed by atoms with Crippen molar-refractivity contribution in [1.29, 1.82) is 0 Å². The molecule has 136 valence electrons. The van der Waals surface area contributed by atoms with Crippen molar-refractivity contribution in [2.75, 3.05) is 11.9 Å². The number of rotatable bonds is 6. The van der Waals surface area contributed by atoms with E-state index in [1.165, 1.54) is 6.08 Å². The molecule has 5 heteroatoms. The number of thiocarbonyl (C=S) groups is 1. The Kier molecular flexibility index (Phi) is 7.36. The molecular weight excluding hydrogens is 344 g/mol. The molecule has 26 heavy (non-hydrogen) atoms. The zero-order valence-electron chi connectivity index (χ0n) is 15.3. The summed E-state index contributed by atoms with van der Waals surface area (Å²) in [4.78, 5) is 12.1. The Hall–Kier alpha value is -2.66. The van der Waals surface area contributed by atoms with Crippen LogP contribution in [0.5, 0.6) is 5.75 Å². The number of anilines is 1. The molecule has 0 aliphatic rings. The normalized spacial score (nSPS) is 10.8. The first-order valence-corrected chi connectivity index (χ1v) is 9.02. The Bertz CT molecular complexity index is 783. The Balaban J connectivity index is 1.92. The fraction of sp³-hybridized carbons (Fsp3) is 0.238. The lowest BCUT2D eigenvalue weighted by molar-refractivity contribution is -0.115. The summed E-state index contributed by atoms with van der Waals surface area (Å²) in [6.45, 7) is 6.79. The Labute approximate surface area is 160 Å². The van der Waals surface area contributed by atoms with Crippen LogP contribution in [0.15, 0.2) is 54.6 Å². The summed E-state index contributed by atoms with van der Waals surface area (Å²) in [6.07, 6.45) is 3.19.